The summed E-state index contributed by atoms with van der Waals surface area (Å²) in [6, 6.07) is 7.66. The van der Waals surface area contributed by atoms with E-state index in [4.69, 9.17) is 5.11 Å². The van der Waals surface area contributed by atoms with Crippen molar-refractivity contribution >= 4 is 6.03 Å². The monoisotopic (exact) mass is 316 g/mol. The van der Waals surface area contributed by atoms with Crippen LogP contribution < -0.4 is 10.6 Å². The van der Waals surface area contributed by atoms with Crippen LogP contribution in [0.25, 0.3) is 5.69 Å². The molecule has 124 valence electrons. The van der Waals surface area contributed by atoms with E-state index in [2.05, 4.69) is 15.6 Å². The standard InChI is InChI=1S/C17H24N4O2/c1-3-15(8-11-22)20-17(23)19-13(2)14-4-6-16(7-5-14)21-10-9-18-12-21/h4-7,9-10,12-13,15,22H,3,8,11H2,1-2H3,(H2,19,20,23). The maximum atomic E-state index is 12.0. The Balaban J connectivity index is 1.92. The van der Waals surface area contributed by atoms with Crippen LogP contribution in [0.1, 0.15) is 38.3 Å². The molecule has 0 aliphatic heterocycles. The average molecular weight is 316 g/mol. The molecule has 1 heterocycles. The third kappa shape index (κ3) is 4.82. The van der Waals surface area contributed by atoms with Crippen LogP contribution in [0.4, 0.5) is 4.79 Å². The zero-order chi connectivity index (χ0) is 16.7. The van der Waals surface area contributed by atoms with E-state index in [1.807, 2.05) is 48.9 Å². The molecule has 2 unspecified atom stereocenters. The number of carbonyl (C=O) groups excluding carboxylic acids is 1. The summed E-state index contributed by atoms with van der Waals surface area (Å²) in [5.41, 5.74) is 2.05. The smallest absolute Gasteiger partial charge is 0.315 e. The average Bonchev–Trinajstić information content (AvgIpc) is 3.09. The van der Waals surface area contributed by atoms with E-state index in [1.165, 1.54) is 0 Å². The van der Waals surface area contributed by atoms with Crippen molar-refractivity contribution in [1.82, 2.24) is 20.2 Å². The van der Waals surface area contributed by atoms with Gasteiger partial charge in [0, 0.05) is 30.7 Å². The number of aliphatic hydroxyl groups excluding tert-OH is 1. The molecule has 0 saturated heterocycles. The first-order chi connectivity index (χ1) is 11.1. The SMILES string of the molecule is CCC(CCO)NC(=O)NC(C)c1ccc(-n2ccnc2)cc1. The molecule has 2 amide bonds. The van der Waals surface area contributed by atoms with E-state index < -0.39 is 0 Å². The minimum atomic E-state index is -0.212. The largest absolute Gasteiger partial charge is 0.396 e. The van der Waals surface area contributed by atoms with Gasteiger partial charge in [-0.25, -0.2) is 9.78 Å². The topological polar surface area (TPSA) is 79.2 Å². The highest BCUT2D eigenvalue weighted by atomic mass is 16.3. The highest BCUT2D eigenvalue weighted by Crippen LogP contribution is 2.15. The first-order valence-electron chi connectivity index (χ1n) is 7.90. The number of urea groups is 1. The minimum Gasteiger partial charge on any atom is -0.396 e. The van der Waals surface area contributed by atoms with Crippen LogP contribution in [0.3, 0.4) is 0 Å². The number of nitrogens with zero attached hydrogens (tertiary/aromatic N) is 2. The molecule has 6 heteroatoms. The van der Waals surface area contributed by atoms with Gasteiger partial charge in [-0.15, -0.1) is 0 Å². The van der Waals surface area contributed by atoms with Crippen molar-refractivity contribution in [1.29, 1.82) is 0 Å². The van der Waals surface area contributed by atoms with Crippen molar-refractivity contribution in [2.24, 2.45) is 0 Å². The summed E-state index contributed by atoms with van der Waals surface area (Å²) in [5, 5.41) is 14.8. The van der Waals surface area contributed by atoms with Crippen molar-refractivity contribution in [3.8, 4) is 5.69 Å². The molecule has 0 spiro atoms. The Kier molecular flexibility index (Phi) is 6.17. The summed E-state index contributed by atoms with van der Waals surface area (Å²) in [6.07, 6.45) is 6.73. The molecule has 0 aliphatic carbocycles. The number of hydrogen-bond donors (Lipinski definition) is 3. The molecular weight excluding hydrogens is 292 g/mol. The first kappa shape index (κ1) is 17.0. The Bertz CT molecular complexity index is 596. The second-order valence-electron chi connectivity index (χ2n) is 5.52. The van der Waals surface area contributed by atoms with Gasteiger partial charge in [-0.3, -0.25) is 0 Å². The lowest BCUT2D eigenvalue weighted by Crippen LogP contribution is -2.43. The molecule has 0 aliphatic rings. The number of benzene rings is 1. The summed E-state index contributed by atoms with van der Waals surface area (Å²) in [4.78, 5) is 16.0. The Labute approximate surface area is 136 Å². The number of hydrogen-bond acceptors (Lipinski definition) is 3. The Hall–Kier alpha value is -2.34. The second kappa shape index (κ2) is 8.33. The number of imidazole rings is 1. The zero-order valence-corrected chi connectivity index (χ0v) is 13.6. The summed E-state index contributed by atoms with van der Waals surface area (Å²) >= 11 is 0. The summed E-state index contributed by atoms with van der Waals surface area (Å²) in [7, 11) is 0. The van der Waals surface area contributed by atoms with Crippen LogP contribution >= 0.6 is 0 Å². The third-order valence-electron chi connectivity index (χ3n) is 3.85. The van der Waals surface area contributed by atoms with Crippen molar-refractivity contribution in [3.05, 3.63) is 48.5 Å². The van der Waals surface area contributed by atoms with Gasteiger partial charge in [0.25, 0.3) is 0 Å². The van der Waals surface area contributed by atoms with Crippen molar-refractivity contribution < 1.29 is 9.90 Å². The van der Waals surface area contributed by atoms with Crippen LogP contribution in [0, 0.1) is 0 Å². The van der Waals surface area contributed by atoms with Crippen LogP contribution in [0.5, 0.6) is 0 Å². The highest BCUT2D eigenvalue weighted by Gasteiger charge is 2.13. The maximum Gasteiger partial charge on any atom is 0.315 e. The van der Waals surface area contributed by atoms with E-state index in [-0.39, 0.29) is 24.7 Å². The van der Waals surface area contributed by atoms with Gasteiger partial charge in [-0.1, -0.05) is 19.1 Å². The predicted octanol–water partition coefficient (Wildman–Crippen LogP) is 2.39. The van der Waals surface area contributed by atoms with Gasteiger partial charge in [0.2, 0.25) is 0 Å². The van der Waals surface area contributed by atoms with E-state index in [1.54, 1.807) is 12.5 Å². The lowest BCUT2D eigenvalue weighted by molar-refractivity contribution is 0.225. The van der Waals surface area contributed by atoms with E-state index >= 15 is 0 Å². The third-order valence-corrected chi connectivity index (χ3v) is 3.85. The molecule has 2 atom stereocenters. The molecule has 6 nitrogen and oxygen atoms in total. The number of rotatable bonds is 7. The molecule has 23 heavy (non-hydrogen) atoms. The quantitative estimate of drug-likeness (QED) is 0.734. The molecule has 0 fully saturated rings. The van der Waals surface area contributed by atoms with Crippen LogP contribution in [-0.2, 0) is 0 Å². The molecule has 3 N–H and O–H groups in total. The lowest BCUT2D eigenvalue weighted by atomic mass is 10.1. The zero-order valence-electron chi connectivity index (χ0n) is 13.6. The summed E-state index contributed by atoms with van der Waals surface area (Å²) < 4.78 is 1.93. The number of nitrogens with one attached hydrogen (secondary N) is 2. The molecule has 1 aromatic carbocycles. The van der Waals surface area contributed by atoms with Crippen LogP contribution in [-0.4, -0.2) is 33.3 Å². The molecular formula is C17H24N4O2. The second-order valence-corrected chi connectivity index (χ2v) is 5.52. The summed E-state index contributed by atoms with van der Waals surface area (Å²) in [6.45, 7) is 4.00. The van der Waals surface area contributed by atoms with Gasteiger partial charge in [0.05, 0.1) is 12.4 Å². The summed E-state index contributed by atoms with van der Waals surface area (Å²) in [5.74, 6) is 0. The van der Waals surface area contributed by atoms with Gasteiger partial charge in [-0.2, -0.15) is 0 Å². The van der Waals surface area contributed by atoms with E-state index in [0.29, 0.717) is 6.42 Å². The van der Waals surface area contributed by atoms with Crippen molar-refractivity contribution in [2.75, 3.05) is 6.61 Å². The fraction of sp³-hybridized carbons (Fsp3) is 0.412. The Morgan fingerprint density at radius 2 is 2.04 bits per heavy atom. The van der Waals surface area contributed by atoms with Gasteiger partial charge < -0.3 is 20.3 Å². The van der Waals surface area contributed by atoms with Crippen molar-refractivity contribution in [3.63, 3.8) is 0 Å². The highest BCUT2D eigenvalue weighted by molar-refractivity contribution is 5.74. The number of amides is 2. The Morgan fingerprint density at radius 1 is 1.30 bits per heavy atom. The van der Waals surface area contributed by atoms with Gasteiger partial charge >= 0.3 is 6.03 Å². The maximum absolute atomic E-state index is 12.0. The minimum absolute atomic E-state index is 0.00387. The number of carbonyl (C=O) groups is 1. The van der Waals surface area contributed by atoms with E-state index in [0.717, 1.165) is 17.7 Å². The van der Waals surface area contributed by atoms with Crippen LogP contribution in [0.2, 0.25) is 0 Å². The molecule has 2 rings (SSSR count). The molecule has 0 radical (unpaired) electrons. The molecule has 1 aromatic heterocycles. The van der Waals surface area contributed by atoms with E-state index in [9.17, 15) is 4.79 Å². The fourth-order valence-corrected chi connectivity index (χ4v) is 2.39. The number of aliphatic hydroxyl groups is 1. The molecule has 2 aromatic rings. The molecule has 0 saturated carbocycles. The predicted molar refractivity (Wildman–Crippen MR) is 89.4 cm³/mol. The number of aromatic nitrogens is 2. The van der Waals surface area contributed by atoms with Crippen LogP contribution in [0.15, 0.2) is 43.0 Å². The van der Waals surface area contributed by atoms with Gasteiger partial charge in [0.1, 0.15) is 0 Å². The van der Waals surface area contributed by atoms with Crippen molar-refractivity contribution in [2.45, 2.75) is 38.8 Å². The normalized spacial score (nSPS) is 13.3. The first-order valence-corrected chi connectivity index (χ1v) is 7.90. The fourth-order valence-electron chi connectivity index (χ4n) is 2.39. The van der Waals surface area contributed by atoms with Gasteiger partial charge in [-0.05, 0) is 37.5 Å². The Morgan fingerprint density at radius 3 is 2.61 bits per heavy atom. The lowest BCUT2D eigenvalue weighted by Gasteiger charge is -2.20. The van der Waals surface area contributed by atoms with Gasteiger partial charge in [0.15, 0.2) is 0 Å². The molecule has 0 bridgehead atoms.